The predicted octanol–water partition coefficient (Wildman–Crippen LogP) is 3.46. The second-order valence-electron chi connectivity index (χ2n) is 4.82. The van der Waals surface area contributed by atoms with Crippen molar-refractivity contribution in [2.24, 2.45) is 0 Å². The Morgan fingerprint density at radius 3 is 2.40 bits per heavy atom. The molecular weight excluding hydrogens is 296 g/mol. The molecule has 1 aromatic rings. The van der Waals surface area contributed by atoms with Crippen LogP contribution in [0, 0.1) is 5.82 Å². The lowest BCUT2D eigenvalue weighted by Crippen LogP contribution is -2.44. The van der Waals surface area contributed by atoms with Crippen LogP contribution in [0.5, 0.6) is 0 Å². The first-order valence-electron chi connectivity index (χ1n) is 6.31. The summed E-state index contributed by atoms with van der Waals surface area (Å²) in [5, 5.41) is 2.65. The van der Waals surface area contributed by atoms with Crippen molar-refractivity contribution in [2.45, 2.75) is 19.1 Å². The third-order valence-corrected chi connectivity index (χ3v) is 3.81. The van der Waals surface area contributed by atoms with Crippen LogP contribution in [0.3, 0.4) is 0 Å². The number of hydrogen-bond acceptors (Lipinski definition) is 2. The van der Waals surface area contributed by atoms with Crippen molar-refractivity contribution >= 4 is 11.6 Å². The van der Waals surface area contributed by atoms with Gasteiger partial charge in [0.25, 0.3) is 0 Å². The highest BCUT2D eigenvalue weighted by Crippen LogP contribution is 2.36. The second-order valence-corrected chi connectivity index (χ2v) is 5.23. The van der Waals surface area contributed by atoms with Crippen LogP contribution in [-0.4, -0.2) is 31.1 Å². The summed E-state index contributed by atoms with van der Waals surface area (Å²) in [6, 6.07) is 1.04. The molecule has 0 aliphatic carbocycles. The number of hydrogen-bond donors (Lipinski definition) is 1. The van der Waals surface area contributed by atoms with Crippen molar-refractivity contribution in [3.8, 4) is 0 Å². The molecule has 0 bridgehead atoms. The SMILES string of the molecule is C[C@@H](c1cc(C(F)(F)F)cc(Cl)c1F)N1CCNCC1. The number of piperazine rings is 1. The fourth-order valence-electron chi connectivity index (χ4n) is 2.34. The first-order chi connectivity index (χ1) is 9.30. The van der Waals surface area contributed by atoms with Crippen LogP contribution in [0.15, 0.2) is 12.1 Å². The molecule has 1 aliphatic rings. The molecule has 7 heteroatoms. The first-order valence-corrected chi connectivity index (χ1v) is 6.69. The van der Waals surface area contributed by atoms with Gasteiger partial charge in [-0.05, 0) is 19.1 Å². The van der Waals surface area contributed by atoms with Gasteiger partial charge >= 0.3 is 6.18 Å². The van der Waals surface area contributed by atoms with E-state index in [2.05, 4.69) is 5.32 Å². The molecule has 1 aromatic carbocycles. The summed E-state index contributed by atoms with van der Waals surface area (Å²) in [5.41, 5.74) is -0.924. The van der Waals surface area contributed by atoms with Gasteiger partial charge in [0.15, 0.2) is 0 Å². The number of halogens is 5. The van der Waals surface area contributed by atoms with Gasteiger partial charge < -0.3 is 5.32 Å². The Morgan fingerprint density at radius 2 is 1.85 bits per heavy atom. The number of benzene rings is 1. The van der Waals surface area contributed by atoms with Gasteiger partial charge in [-0.2, -0.15) is 13.2 Å². The number of nitrogens with one attached hydrogen (secondary N) is 1. The first kappa shape index (κ1) is 15.5. The monoisotopic (exact) mass is 310 g/mol. The summed E-state index contributed by atoms with van der Waals surface area (Å²) in [5.74, 6) is -0.773. The number of rotatable bonds is 2. The quantitative estimate of drug-likeness (QED) is 0.842. The summed E-state index contributed by atoms with van der Waals surface area (Å²) >= 11 is 5.60. The van der Waals surface area contributed by atoms with Gasteiger partial charge in [-0.3, -0.25) is 4.90 Å². The van der Waals surface area contributed by atoms with Crippen molar-refractivity contribution in [1.29, 1.82) is 0 Å². The van der Waals surface area contributed by atoms with E-state index in [0.29, 0.717) is 19.2 Å². The summed E-state index contributed by atoms with van der Waals surface area (Å²) in [7, 11) is 0. The average Bonchev–Trinajstić information content (AvgIpc) is 2.40. The van der Waals surface area contributed by atoms with Gasteiger partial charge in [0.05, 0.1) is 10.6 Å². The Labute approximate surface area is 119 Å². The smallest absolute Gasteiger partial charge is 0.314 e. The van der Waals surface area contributed by atoms with Crippen LogP contribution >= 0.6 is 11.6 Å². The summed E-state index contributed by atoms with van der Waals surface area (Å²) in [4.78, 5) is 1.94. The molecule has 1 atom stereocenters. The van der Waals surface area contributed by atoms with Crippen LogP contribution in [0.4, 0.5) is 17.6 Å². The van der Waals surface area contributed by atoms with Gasteiger partial charge in [-0.15, -0.1) is 0 Å². The Balaban J connectivity index is 2.36. The molecule has 0 spiro atoms. The Morgan fingerprint density at radius 1 is 1.25 bits per heavy atom. The molecule has 1 aliphatic heterocycles. The van der Waals surface area contributed by atoms with Crippen molar-refractivity contribution in [1.82, 2.24) is 10.2 Å². The van der Waals surface area contributed by atoms with Gasteiger partial charge in [0.2, 0.25) is 0 Å². The Bertz CT molecular complexity index is 484. The summed E-state index contributed by atoms with van der Waals surface area (Å²) in [6.07, 6.45) is -4.53. The molecule has 0 aromatic heterocycles. The minimum absolute atomic E-state index is 0.00766. The molecule has 0 saturated carbocycles. The molecule has 1 fully saturated rings. The van der Waals surface area contributed by atoms with E-state index in [1.807, 2.05) is 4.90 Å². The maximum Gasteiger partial charge on any atom is 0.416 e. The average molecular weight is 311 g/mol. The highest BCUT2D eigenvalue weighted by molar-refractivity contribution is 6.30. The highest BCUT2D eigenvalue weighted by Gasteiger charge is 2.33. The third kappa shape index (κ3) is 3.24. The molecule has 20 heavy (non-hydrogen) atoms. The molecule has 0 radical (unpaired) electrons. The van der Waals surface area contributed by atoms with E-state index in [4.69, 9.17) is 11.6 Å². The zero-order chi connectivity index (χ0) is 14.9. The van der Waals surface area contributed by atoms with Crippen molar-refractivity contribution < 1.29 is 17.6 Å². The van der Waals surface area contributed by atoms with Gasteiger partial charge in [0.1, 0.15) is 5.82 Å². The fraction of sp³-hybridized carbons (Fsp3) is 0.538. The van der Waals surface area contributed by atoms with E-state index < -0.39 is 28.6 Å². The molecule has 1 N–H and O–H groups in total. The molecule has 2 nitrogen and oxygen atoms in total. The van der Waals surface area contributed by atoms with Crippen molar-refractivity contribution in [2.75, 3.05) is 26.2 Å². The fourth-order valence-corrected chi connectivity index (χ4v) is 2.57. The van der Waals surface area contributed by atoms with E-state index >= 15 is 0 Å². The number of alkyl halides is 3. The van der Waals surface area contributed by atoms with E-state index in [1.54, 1.807) is 6.92 Å². The van der Waals surface area contributed by atoms with Crippen LogP contribution < -0.4 is 5.32 Å². The molecular formula is C13H15ClF4N2. The molecule has 0 unspecified atom stereocenters. The normalized spacial score (nSPS) is 19.1. The van der Waals surface area contributed by atoms with Crippen molar-refractivity contribution in [3.63, 3.8) is 0 Å². The zero-order valence-corrected chi connectivity index (χ0v) is 11.7. The molecule has 1 heterocycles. The Kier molecular flexibility index (Phi) is 4.56. The lowest BCUT2D eigenvalue weighted by atomic mass is 10.0. The maximum absolute atomic E-state index is 14.0. The molecule has 2 rings (SSSR count). The molecule has 0 amide bonds. The van der Waals surface area contributed by atoms with E-state index in [1.165, 1.54) is 0 Å². The number of nitrogens with zero attached hydrogens (tertiary/aromatic N) is 1. The topological polar surface area (TPSA) is 15.3 Å². The molecule has 112 valence electrons. The minimum Gasteiger partial charge on any atom is -0.314 e. The van der Waals surface area contributed by atoms with Crippen LogP contribution in [0.25, 0.3) is 0 Å². The van der Waals surface area contributed by atoms with Gasteiger partial charge in [-0.25, -0.2) is 4.39 Å². The van der Waals surface area contributed by atoms with E-state index in [0.717, 1.165) is 19.2 Å². The standard InChI is InChI=1S/C13H15ClF4N2/c1-8(20-4-2-19-3-5-20)10-6-9(13(16,17)18)7-11(14)12(10)15/h6-8,19H,2-5H2,1H3/t8-/m0/s1. The highest BCUT2D eigenvalue weighted by atomic mass is 35.5. The largest absolute Gasteiger partial charge is 0.416 e. The predicted molar refractivity (Wildman–Crippen MR) is 69.3 cm³/mol. The van der Waals surface area contributed by atoms with Crippen molar-refractivity contribution in [3.05, 3.63) is 34.1 Å². The van der Waals surface area contributed by atoms with Crippen LogP contribution in [0.2, 0.25) is 5.02 Å². The minimum atomic E-state index is -4.53. The van der Waals surface area contributed by atoms with Crippen LogP contribution in [0.1, 0.15) is 24.1 Å². The van der Waals surface area contributed by atoms with Crippen LogP contribution in [-0.2, 0) is 6.18 Å². The van der Waals surface area contributed by atoms with E-state index in [9.17, 15) is 17.6 Å². The lowest BCUT2D eigenvalue weighted by Gasteiger charge is -2.33. The summed E-state index contributed by atoms with van der Waals surface area (Å²) in [6.45, 7) is 4.49. The van der Waals surface area contributed by atoms with Gasteiger partial charge in [-0.1, -0.05) is 11.6 Å². The second kappa shape index (κ2) is 5.87. The zero-order valence-electron chi connectivity index (χ0n) is 10.9. The maximum atomic E-state index is 14.0. The molecule has 1 saturated heterocycles. The Hall–Kier alpha value is -0.850. The summed E-state index contributed by atoms with van der Waals surface area (Å²) < 4.78 is 52.4. The van der Waals surface area contributed by atoms with Gasteiger partial charge in [0, 0.05) is 37.8 Å². The lowest BCUT2D eigenvalue weighted by molar-refractivity contribution is -0.137. The third-order valence-electron chi connectivity index (χ3n) is 3.53. The van der Waals surface area contributed by atoms with E-state index in [-0.39, 0.29) is 5.56 Å².